The van der Waals surface area contributed by atoms with Crippen LogP contribution in [-0.2, 0) is 14.3 Å². The van der Waals surface area contributed by atoms with Gasteiger partial charge in [-0.15, -0.1) is 12.4 Å². The highest BCUT2D eigenvalue weighted by molar-refractivity contribution is 5.85. The standard InChI is InChI=1S/C21H33N3O5.ClH/c1-2-3-4-5-6-7-8-9-10-11-17(26)28-18-15(14-25)27-20-19(18)29-21-23-16(22)12-13-24(20)21;/h12-13,15,18-20,22,25H,2-11,14H2,1H3;1H/t15-,18-,19+,20-;/m1./s1. The molecule has 1 fully saturated rings. The van der Waals surface area contributed by atoms with Gasteiger partial charge in [-0.2, -0.15) is 4.98 Å². The highest BCUT2D eigenvalue weighted by Crippen LogP contribution is 2.40. The smallest absolute Gasteiger partial charge is 0.306 e. The van der Waals surface area contributed by atoms with Crippen LogP contribution in [0.3, 0.4) is 0 Å². The lowest BCUT2D eigenvalue weighted by Gasteiger charge is -2.20. The van der Waals surface area contributed by atoms with Crippen molar-refractivity contribution >= 4 is 18.4 Å². The highest BCUT2D eigenvalue weighted by Gasteiger charge is 2.53. The quantitative estimate of drug-likeness (QED) is 0.379. The van der Waals surface area contributed by atoms with Gasteiger partial charge in [-0.25, -0.2) is 0 Å². The van der Waals surface area contributed by atoms with E-state index < -0.39 is 24.5 Å². The maximum absolute atomic E-state index is 12.3. The normalized spacial score (nSPS) is 23.9. The summed E-state index contributed by atoms with van der Waals surface area (Å²) in [6.45, 7) is 1.96. The molecule has 0 bridgehead atoms. The average Bonchev–Trinajstić information content (AvgIpc) is 3.22. The summed E-state index contributed by atoms with van der Waals surface area (Å²) in [4.78, 5) is 16.3. The highest BCUT2D eigenvalue weighted by atomic mass is 35.5. The molecule has 0 aromatic carbocycles. The number of fused-ring (bicyclic) bond motifs is 3. The molecule has 2 aliphatic heterocycles. The Morgan fingerprint density at radius 2 is 1.87 bits per heavy atom. The van der Waals surface area contributed by atoms with E-state index in [2.05, 4.69) is 11.9 Å². The lowest BCUT2D eigenvalue weighted by atomic mass is 10.1. The van der Waals surface area contributed by atoms with Gasteiger partial charge in [0.1, 0.15) is 6.10 Å². The van der Waals surface area contributed by atoms with Crippen LogP contribution in [0.2, 0.25) is 0 Å². The molecule has 30 heavy (non-hydrogen) atoms. The molecule has 0 amide bonds. The van der Waals surface area contributed by atoms with Gasteiger partial charge < -0.3 is 19.3 Å². The topological polar surface area (TPSA) is 107 Å². The van der Waals surface area contributed by atoms with Crippen LogP contribution in [-0.4, -0.2) is 45.5 Å². The summed E-state index contributed by atoms with van der Waals surface area (Å²) >= 11 is 0. The molecule has 1 aromatic rings. The van der Waals surface area contributed by atoms with E-state index in [1.165, 1.54) is 44.6 Å². The molecule has 0 aliphatic carbocycles. The van der Waals surface area contributed by atoms with Gasteiger partial charge in [0.25, 0.3) is 0 Å². The average molecular weight is 444 g/mol. The maximum Gasteiger partial charge on any atom is 0.306 e. The second kappa shape index (κ2) is 12.3. The van der Waals surface area contributed by atoms with Gasteiger partial charge in [-0.05, 0) is 12.5 Å². The van der Waals surface area contributed by atoms with Gasteiger partial charge in [-0.1, -0.05) is 58.3 Å². The Hall–Kier alpha value is -1.64. The Kier molecular flexibility index (Phi) is 10.1. The Balaban J connectivity index is 0.00000320. The summed E-state index contributed by atoms with van der Waals surface area (Å²) in [5, 5.41) is 17.2. The molecule has 8 nitrogen and oxygen atoms in total. The number of rotatable bonds is 12. The number of carbonyl (C=O) groups is 1. The zero-order valence-electron chi connectivity index (χ0n) is 17.6. The first-order valence-corrected chi connectivity index (χ1v) is 10.9. The number of ether oxygens (including phenoxy) is 3. The first-order valence-electron chi connectivity index (χ1n) is 10.9. The Morgan fingerprint density at radius 1 is 1.20 bits per heavy atom. The molecule has 3 rings (SSSR count). The lowest BCUT2D eigenvalue weighted by Crippen LogP contribution is -2.39. The molecule has 2 aliphatic rings. The van der Waals surface area contributed by atoms with E-state index in [0.717, 1.165) is 19.3 Å². The van der Waals surface area contributed by atoms with Crippen LogP contribution in [0.1, 0.15) is 77.4 Å². The minimum Gasteiger partial charge on any atom is -0.455 e. The van der Waals surface area contributed by atoms with Crippen molar-refractivity contribution in [2.45, 2.75) is 95.7 Å². The van der Waals surface area contributed by atoms with E-state index in [-0.39, 0.29) is 36.5 Å². The predicted octanol–water partition coefficient (Wildman–Crippen LogP) is 3.27. The molecule has 0 saturated carbocycles. The summed E-state index contributed by atoms with van der Waals surface area (Å²) < 4.78 is 18.9. The van der Waals surface area contributed by atoms with E-state index in [1.807, 2.05) is 0 Å². The SMILES string of the molecule is CCCCCCCCCCCC(=O)O[C@H]1[C@@H]2Oc3nc(=N)ccn3[C@@H]2O[C@@H]1CO.Cl. The van der Waals surface area contributed by atoms with Crippen molar-refractivity contribution in [3.05, 3.63) is 17.8 Å². The number of hydrogen-bond donors (Lipinski definition) is 2. The molecule has 0 radical (unpaired) electrons. The number of hydrogen-bond acceptors (Lipinski definition) is 7. The number of aliphatic hydroxyl groups is 1. The third-order valence-electron chi connectivity index (χ3n) is 5.56. The van der Waals surface area contributed by atoms with Crippen molar-refractivity contribution in [3.63, 3.8) is 0 Å². The monoisotopic (exact) mass is 443 g/mol. The Bertz CT molecular complexity index is 729. The van der Waals surface area contributed by atoms with Crippen molar-refractivity contribution < 1.29 is 24.1 Å². The van der Waals surface area contributed by atoms with Gasteiger partial charge in [0.05, 0.1) is 6.61 Å². The minimum atomic E-state index is -0.688. The number of aliphatic hydroxyl groups excluding tert-OH is 1. The van der Waals surface area contributed by atoms with Crippen molar-refractivity contribution in [3.8, 4) is 6.01 Å². The van der Waals surface area contributed by atoms with Crippen LogP contribution in [0.4, 0.5) is 0 Å². The van der Waals surface area contributed by atoms with Crippen molar-refractivity contribution in [2.24, 2.45) is 0 Å². The second-order valence-electron chi connectivity index (χ2n) is 7.87. The van der Waals surface area contributed by atoms with Crippen molar-refractivity contribution in [2.75, 3.05) is 6.61 Å². The molecule has 0 spiro atoms. The molecule has 170 valence electrons. The largest absolute Gasteiger partial charge is 0.455 e. The summed E-state index contributed by atoms with van der Waals surface area (Å²) in [5.74, 6) is -0.292. The minimum absolute atomic E-state index is 0. The molecule has 4 atom stereocenters. The maximum atomic E-state index is 12.3. The first-order chi connectivity index (χ1) is 14.1. The molecular formula is C21H34ClN3O5. The fraction of sp³-hybridized carbons (Fsp3) is 0.762. The van der Waals surface area contributed by atoms with Gasteiger partial charge in [0, 0.05) is 12.6 Å². The number of nitrogens with zero attached hydrogens (tertiary/aromatic N) is 2. The van der Waals surface area contributed by atoms with Crippen LogP contribution in [0.25, 0.3) is 0 Å². The first kappa shape index (κ1) is 24.6. The molecule has 9 heteroatoms. The number of unbranched alkanes of at least 4 members (excludes halogenated alkanes) is 8. The van der Waals surface area contributed by atoms with Crippen LogP contribution in [0.15, 0.2) is 12.3 Å². The zero-order chi connectivity index (χ0) is 20.6. The Morgan fingerprint density at radius 3 is 2.53 bits per heavy atom. The third-order valence-corrected chi connectivity index (χ3v) is 5.56. The third kappa shape index (κ3) is 6.18. The number of carbonyl (C=O) groups excluding carboxylic acids is 1. The molecule has 3 heterocycles. The molecule has 2 N–H and O–H groups in total. The fourth-order valence-electron chi connectivity index (χ4n) is 3.95. The van der Waals surface area contributed by atoms with Crippen LogP contribution in [0, 0.1) is 5.41 Å². The van der Waals surface area contributed by atoms with Gasteiger partial charge in [0.15, 0.2) is 23.9 Å². The fourth-order valence-corrected chi connectivity index (χ4v) is 3.95. The van der Waals surface area contributed by atoms with Gasteiger partial charge in [-0.3, -0.25) is 14.8 Å². The van der Waals surface area contributed by atoms with E-state index in [4.69, 9.17) is 19.6 Å². The van der Waals surface area contributed by atoms with Crippen molar-refractivity contribution in [1.82, 2.24) is 9.55 Å². The molecule has 0 unspecified atom stereocenters. The zero-order valence-corrected chi connectivity index (χ0v) is 18.4. The van der Waals surface area contributed by atoms with Crippen LogP contribution >= 0.6 is 12.4 Å². The molecular weight excluding hydrogens is 410 g/mol. The summed E-state index contributed by atoms with van der Waals surface area (Å²) in [7, 11) is 0. The van der Waals surface area contributed by atoms with E-state index in [9.17, 15) is 9.90 Å². The van der Waals surface area contributed by atoms with E-state index in [0.29, 0.717) is 6.42 Å². The lowest BCUT2D eigenvalue weighted by molar-refractivity contribution is -0.156. The molecule has 1 saturated heterocycles. The summed E-state index contributed by atoms with van der Waals surface area (Å²) in [6, 6.07) is 1.80. The van der Waals surface area contributed by atoms with E-state index >= 15 is 0 Å². The van der Waals surface area contributed by atoms with Crippen LogP contribution in [0.5, 0.6) is 6.01 Å². The van der Waals surface area contributed by atoms with E-state index in [1.54, 1.807) is 10.8 Å². The predicted molar refractivity (Wildman–Crippen MR) is 112 cm³/mol. The van der Waals surface area contributed by atoms with Gasteiger partial charge >= 0.3 is 12.0 Å². The summed E-state index contributed by atoms with van der Waals surface area (Å²) in [6.07, 6.45) is 10.3. The molecule has 1 aromatic heterocycles. The second-order valence-corrected chi connectivity index (χ2v) is 7.87. The van der Waals surface area contributed by atoms with Crippen LogP contribution < -0.4 is 10.2 Å². The van der Waals surface area contributed by atoms with Gasteiger partial charge in [0.2, 0.25) is 0 Å². The Labute approximate surface area is 183 Å². The summed E-state index contributed by atoms with van der Waals surface area (Å²) in [5.41, 5.74) is 0.0915. The van der Waals surface area contributed by atoms with Crippen molar-refractivity contribution in [1.29, 1.82) is 5.41 Å². The number of aromatic nitrogens is 2. The number of halogens is 1. The number of nitrogens with one attached hydrogen (secondary N) is 1. The number of esters is 1.